The molecule has 0 amide bonds. The predicted molar refractivity (Wildman–Crippen MR) is 135 cm³/mol. The summed E-state index contributed by atoms with van der Waals surface area (Å²) >= 11 is 0. The van der Waals surface area contributed by atoms with E-state index in [2.05, 4.69) is 16.1 Å². The largest absolute Gasteiger partial charge is 0.707 e. The van der Waals surface area contributed by atoms with Crippen molar-refractivity contribution >= 4 is 7.32 Å². The highest BCUT2D eigenvalue weighted by molar-refractivity contribution is 6.34. The third kappa shape index (κ3) is 6.30. The molecule has 260 valence electrons. The number of phenols is 1. The van der Waals surface area contributed by atoms with Crippen LogP contribution in [0.5, 0.6) is 11.5 Å². The van der Waals surface area contributed by atoms with Crippen molar-refractivity contribution < 1.29 is 85.7 Å². The van der Waals surface area contributed by atoms with Crippen LogP contribution in [0.2, 0.25) is 0 Å². The predicted octanol–water partition coefficient (Wildman–Crippen LogP) is 5.98. The minimum absolute atomic E-state index is 0.310. The van der Waals surface area contributed by atoms with Crippen molar-refractivity contribution in [2.45, 2.75) is 0 Å². The Hall–Kier alpha value is -4.67. The molecule has 0 spiro atoms. The van der Waals surface area contributed by atoms with Gasteiger partial charge in [-0.3, -0.25) is 0 Å². The van der Waals surface area contributed by atoms with Gasteiger partial charge in [-0.15, -0.1) is 0 Å². The summed E-state index contributed by atoms with van der Waals surface area (Å²) in [6.07, 6.45) is 0. The molecule has 0 unspecified atom stereocenters. The van der Waals surface area contributed by atoms with Gasteiger partial charge in [0.2, 0.25) is 17.5 Å². The molecule has 0 radical (unpaired) electrons. The van der Waals surface area contributed by atoms with Gasteiger partial charge in [-0.25, -0.2) is 65.9 Å². The van der Waals surface area contributed by atoms with E-state index in [0.29, 0.717) is 0 Å². The number of benzene rings is 4. The van der Waals surface area contributed by atoms with Gasteiger partial charge in [0.1, 0.15) is 11.5 Å². The maximum Gasteiger partial charge on any atom is 0.707 e. The van der Waals surface area contributed by atoms with Crippen LogP contribution in [0, 0.1) is 87.3 Å². The summed E-state index contributed by atoms with van der Waals surface area (Å²) in [5.41, 5.74) is -4.77. The van der Waals surface area contributed by atoms with Crippen LogP contribution in [0.4, 0.5) is 65.9 Å². The highest BCUT2D eigenvalue weighted by Gasteiger charge is 2.39. The molecule has 4 rings (SSSR count). The Morgan fingerprint density at radius 1 is 0.417 bits per heavy atom. The molecule has 4 aromatic rings. The summed E-state index contributed by atoms with van der Waals surface area (Å²) in [5, 5.41) is 29.4. The van der Waals surface area contributed by atoms with Crippen molar-refractivity contribution in [3.05, 3.63) is 93.3 Å². The fraction of sp³-hybridized carbons (Fsp3) is 0.0769. The van der Waals surface area contributed by atoms with E-state index in [1.807, 2.05) is 0 Å². The normalized spacial score (nSPS) is 10.7. The Morgan fingerprint density at radius 2 is 0.667 bits per heavy atom. The van der Waals surface area contributed by atoms with E-state index < -0.39 is 139 Å². The summed E-state index contributed by atoms with van der Waals surface area (Å²) in [6, 6.07) is -0.310. The molecule has 0 saturated heterocycles. The summed E-state index contributed by atoms with van der Waals surface area (Å²) in [7, 11) is -0.340. The Kier molecular flexibility index (Phi) is 12.4. The van der Waals surface area contributed by atoms with Gasteiger partial charge in [-0.2, -0.15) is 0 Å². The molecule has 6 nitrogen and oxygen atoms in total. The van der Waals surface area contributed by atoms with Crippen molar-refractivity contribution in [3.63, 3.8) is 0 Å². The summed E-state index contributed by atoms with van der Waals surface area (Å²) in [6.45, 7) is 0. The van der Waals surface area contributed by atoms with E-state index in [1.54, 1.807) is 0 Å². The number of rotatable bonds is 5. The van der Waals surface area contributed by atoms with E-state index in [4.69, 9.17) is 0 Å². The third-order valence-corrected chi connectivity index (χ3v) is 5.89. The molecule has 48 heavy (non-hydrogen) atoms. The number of halogens is 15. The Labute approximate surface area is 257 Å². The number of hydrogen-bond acceptors (Lipinski definition) is 6. The number of aromatic hydroxyl groups is 1. The summed E-state index contributed by atoms with van der Waals surface area (Å²) < 4.78 is 219. The lowest BCUT2D eigenvalue weighted by Gasteiger charge is -2.23. The minimum atomic E-state index is -3.34. The second-order valence-corrected chi connectivity index (χ2v) is 8.30. The third-order valence-electron chi connectivity index (χ3n) is 5.89. The average Bonchev–Trinajstić information content (AvgIpc) is 3.07. The van der Waals surface area contributed by atoms with Crippen LogP contribution >= 0.6 is 0 Å². The SMILES string of the molecule is CN.CN.OB(O)Oc1cc(-c2c(F)c(F)c(F)c(F)c2F)c(O)c(-c2c(F)c(F)c(F)c(F)c2F)c1-c1c(F)c(F)c(F)c(F)c1F. The molecule has 0 heterocycles. The number of hydrogen-bond donors (Lipinski definition) is 5. The van der Waals surface area contributed by atoms with E-state index in [0.717, 1.165) is 0 Å². The van der Waals surface area contributed by atoms with Crippen LogP contribution in [0.1, 0.15) is 0 Å². The molecule has 22 heteroatoms. The first-order chi connectivity index (χ1) is 22.4. The van der Waals surface area contributed by atoms with Crippen LogP contribution in [0.15, 0.2) is 6.07 Å². The Morgan fingerprint density at radius 3 is 0.958 bits per heavy atom. The second kappa shape index (κ2) is 15.0. The lowest BCUT2D eigenvalue weighted by molar-refractivity contribution is 0.288. The molecule has 4 aromatic carbocycles. The van der Waals surface area contributed by atoms with Gasteiger partial charge < -0.3 is 31.3 Å². The maximum atomic E-state index is 15.0. The average molecular weight is 714 g/mol. The smallest absolute Gasteiger partial charge is 0.511 e. The Bertz CT molecular complexity index is 1820. The van der Waals surface area contributed by atoms with E-state index in [1.165, 1.54) is 14.1 Å². The molecular formula is C26H14BF15N2O4. The molecular weight excluding hydrogens is 700 g/mol. The number of nitrogens with two attached hydrogens (primary N) is 2. The maximum absolute atomic E-state index is 15.0. The van der Waals surface area contributed by atoms with Gasteiger partial charge in [-0.05, 0) is 20.2 Å². The second-order valence-electron chi connectivity index (χ2n) is 8.30. The first-order valence-electron chi connectivity index (χ1n) is 12.0. The molecule has 0 aliphatic rings. The van der Waals surface area contributed by atoms with Crippen LogP contribution < -0.4 is 16.1 Å². The lowest BCUT2D eigenvalue weighted by atomic mass is 9.86. The van der Waals surface area contributed by atoms with Crippen LogP contribution in [0.25, 0.3) is 33.4 Å². The van der Waals surface area contributed by atoms with Crippen molar-refractivity contribution in [2.24, 2.45) is 11.5 Å². The van der Waals surface area contributed by atoms with Gasteiger partial charge in [0, 0.05) is 16.7 Å². The van der Waals surface area contributed by atoms with E-state index in [-0.39, 0.29) is 6.07 Å². The van der Waals surface area contributed by atoms with Crippen LogP contribution in [-0.2, 0) is 0 Å². The molecule has 0 aliphatic carbocycles. The molecule has 0 saturated carbocycles. The van der Waals surface area contributed by atoms with Gasteiger partial charge in [0.15, 0.2) is 69.8 Å². The molecule has 0 aromatic heterocycles. The molecule has 0 atom stereocenters. The monoisotopic (exact) mass is 714 g/mol. The lowest BCUT2D eigenvalue weighted by Crippen LogP contribution is -2.21. The molecule has 0 bridgehead atoms. The van der Waals surface area contributed by atoms with E-state index >= 15 is 0 Å². The fourth-order valence-corrected chi connectivity index (χ4v) is 4.03. The quantitative estimate of drug-likeness (QED) is 0.0752. The van der Waals surface area contributed by atoms with Gasteiger partial charge in [0.25, 0.3) is 0 Å². The highest BCUT2D eigenvalue weighted by atomic mass is 19.2. The summed E-state index contributed by atoms with van der Waals surface area (Å²) in [5.74, 6) is -47.9. The molecule has 7 N–H and O–H groups in total. The van der Waals surface area contributed by atoms with Gasteiger partial charge in [0.05, 0.1) is 16.7 Å². The van der Waals surface area contributed by atoms with Crippen molar-refractivity contribution in [1.29, 1.82) is 0 Å². The first kappa shape index (κ1) is 39.5. The van der Waals surface area contributed by atoms with Gasteiger partial charge >= 0.3 is 7.32 Å². The number of phenolic OH excluding ortho intramolecular Hbond substituents is 1. The standard InChI is InChI=1S/C24H4BF15O4.2CH5N/c26-9-4(10(27)16(33)21(38)15(9)32)2-1-3(44-25(42)43)5(7-11(28)17(34)22(39)18(35)12(7)29)6(24(2)41)8-13(30)19(36)23(40)20(37)14(8)31;2*1-2/h1,41-43H;2*2H2,1H3. The van der Waals surface area contributed by atoms with Crippen molar-refractivity contribution in [2.75, 3.05) is 14.1 Å². The zero-order valence-electron chi connectivity index (χ0n) is 23.2. The zero-order valence-corrected chi connectivity index (χ0v) is 23.2. The first-order valence-corrected chi connectivity index (χ1v) is 12.0. The van der Waals surface area contributed by atoms with Crippen LogP contribution in [-0.4, -0.2) is 36.6 Å². The van der Waals surface area contributed by atoms with Gasteiger partial charge in [-0.1, -0.05) is 0 Å². The van der Waals surface area contributed by atoms with Crippen molar-refractivity contribution in [3.8, 4) is 44.9 Å². The molecule has 0 aliphatic heterocycles. The van der Waals surface area contributed by atoms with Crippen LogP contribution in [0.3, 0.4) is 0 Å². The minimum Gasteiger partial charge on any atom is -0.511 e. The highest BCUT2D eigenvalue weighted by Crippen LogP contribution is 2.54. The van der Waals surface area contributed by atoms with E-state index in [9.17, 15) is 81.0 Å². The molecule has 0 fully saturated rings. The topological polar surface area (TPSA) is 122 Å². The van der Waals surface area contributed by atoms with Crippen molar-refractivity contribution in [1.82, 2.24) is 0 Å². The summed E-state index contributed by atoms with van der Waals surface area (Å²) in [4.78, 5) is 0. The fourth-order valence-electron chi connectivity index (χ4n) is 4.03. The zero-order chi connectivity index (χ0) is 37.3. The Balaban J connectivity index is 0.00000193.